The van der Waals surface area contributed by atoms with E-state index in [1.807, 2.05) is 13.8 Å². The van der Waals surface area contributed by atoms with E-state index in [2.05, 4.69) is 10.5 Å². The van der Waals surface area contributed by atoms with Crippen molar-refractivity contribution in [2.24, 2.45) is 0 Å². The number of hydrogen-bond acceptors (Lipinski definition) is 5. The highest BCUT2D eigenvalue weighted by molar-refractivity contribution is 5.94. The highest BCUT2D eigenvalue weighted by Gasteiger charge is 2.25. The van der Waals surface area contributed by atoms with E-state index in [1.54, 1.807) is 24.3 Å². The SMILES string of the molecule is COc1ccc(C(NC(=O)c2cc(C(C)C)no2)C(=O)O)cc1. The van der Waals surface area contributed by atoms with E-state index >= 15 is 0 Å². The average molecular weight is 318 g/mol. The molecule has 2 aromatic rings. The van der Waals surface area contributed by atoms with Crippen LogP contribution in [0, 0.1) is 0 Å². The zero-order chi connectivity index (χ0) is 17.0. The molecule has 0 aliphatic carbocycles. The van der Waals surface area contributed by atoms with Gasteiger partial charge >= 0.3 is 5.97 Å². The largest absolute Gasteiger partial charge is 0.497 e. The number of carboxylic acid groups (broad SMARTS) is 1. The molecular formula is C16H18N2O5. The van der Waals surface area contributed by atoms with E-state index in [4.69, 9.17) is 9.26 Å². The molecule has 1 heterocycles. The summed E-state index contributed by atoms with van der Waals surface area (Å²) in [5.41, 5.74) is 1.06. The Morgan fingerprint density at radius 3 is 2.39 bits per heavy atom. The maximum absolute atomic E-state index is 12.2. The lowest BCUT2D eigenvalue weighted by Crippen LogP contribution is -2.33. The molecule has 1 aromatic carbocycles. The van der Waals surface area contributed by atoms with Crippen LogP contribution in [0.5, 0.6) is 5.75 Å². The Kier molecular flexibility index (Phi) is 5.00. The maximum atomic E-state index is 12.2. The number of ether oxygens (including phenoxy) is 1. The average Bonchev–Trinajstić information content (AvgIpc) is 3.02. The van der Waals surface area contributed by atoms with Crippen LogP contribution in [0.1, 0.15) is 47.6 Å². The fourth-order valence-corrected chi connectivity index (χ4v) is 1.95. The van der Waals surface area contributed by atoms with E-state index in [-0.39, 0.29) is 11.7 Å². The predicted molar refractivity (Wildman–Crippen MR) is 81.4 cm³/mol. The van der Waals surface area contributed by atoms with Gasteiger partial charge in [0.1, 0.15) is 5.75 Å². The minimum atomic E-state index is -1.19. The fraction of sp³-hybridized carbons (Fsp3) is 0.312. The van der Waals surface area contributed by atoms with Crippen molar-refractivity contribution >= 4 is 11.9 Å². The molecule has 23 heavy (non-hydrogen) atoms. The summed E-state index contributed by atoms with van der Waals surface area (Å²) >= 11 is 0. The molecule has 0 bridgehead atoms. The van der Waals surface area contributed by atoms with E-state index in [0.717, 1.165) is 0 Å². The number of aliphatic carboxylic acids is 1. The zero-order valence-corrected chi connectivity index (χ0v) is 13.1. The Balaban J connectivity index is 2.17. The third-order valence-corrected chi connectivity index (χ3v) is 3.32. The molecule has 0 radical (unpaired) electrons. The summed E-state index contributed by atoms with van der Waals surface area (Å²) in [6, 6.07) is 6.73. The standard InChI is InChI=1S/C16H18N2O5/c1-9(2)12-8-13(23-18-12)15(19)17-14(16(20)21)10-4-6-11(22-3)7-5-10/h4-9,14H,1-3H3,(H,17,19)(H,20,21). The molecule has 0 aliphatic rings. The number of methoxy groups -OCH3 is 1. The molecule has 0 spiro atoms. The van der Waals surface area contributed by atoms with E-state index in [0.29, 0.717) is 17.0 Å². The molecule has 0 aliphatic heterocycles. The lowest BCUT2D eigenvalue weighted by molar-refractivity contribution is -0.139. The summed E-state index contributed by atoms with van der Waals surface area (Å²) in [4.78, 5) is 23.6. The minimum Gasteiger partial charge on any atom is -0.497 e. The quantitative estimate of drug-likeness (QED) is 0.848. The van der Waals surface area contributed by atoms with Crippen molar-refractivity contribution in [3.8, 4) is 5.75 Å². The van der Waals surface area contributed by atoms with Crippen molar-refractivity contribution in [3.05, 3.63) is 47.3 Å². The van der Waals surface area contributed by atoms with Gasteiger partial charge in [-0.15, -0.1) is 0 Å². The molecule has 0 saturated carbocycles. The Morgan fingerprint density at radius 2 is 1.91 bits per heavy atom. The smallest absolute Gasteiger partial charge is 0.330 e. The molecule has 2 N–H and O–H groups in total. The Hall–Kier alpha value is -2.83. The Morgan fingerprint density at radius 1 is 1.26 bits per heavy atom. The normalized spacial score (nSPS) is 12.0. The zero-order valence-electron chi connectivity index (χ0n) is 13.1. The van der Waals surface area contributed by atoms with Gasteiger partial charge in [0.25, 0.3) is 5.91 Å². The maximum Gasteiger partial charge on any atom is 0.330 e. The lowest BCUT2D eigenvalue weighted by atomic mass is 10.1. The molecule has 1 atom stereocenters. The van der Waals surface area contributed by atoms with Gasteiger partial charge in [0.2, 0.25) is 5.76 Å². The highest BCUT2D eigenvalue weighted by atomic mass is 16.5. The van der Waals surface area contributed by atoms with Gasteiger partial charge in [-0.1, -0.05) is 31.1 Å². The number of carbonyl (C=O) groups is 2. The van der Waals surface area contributed by atoms with Crippen molar-refractivity contribution in [1.82, 2.24) is 10.5 Å². The first-order chi connectivity index (χ1) is 10.9. The first-order valence-electron chi connectivity index (χ1n) is 7.06. The van der Waals surface area contributed by atoms with Crippen molar-refractivity contribution < 1.29 is 24.0 Å². The van der Waals surface area contributed by atoms with Crippen LogP contribution in [-0.4, -0.2) is 29.2 Å². The number of aromatic nitrogens is 1. The molecule has 2 rings (SSSR count). The minimum absolute atomic E-state index is 0.0199. The van der Waals surface area contributed by atoms with Gasteiger partial charge in [0, 0.05) is 6.07 Å². The van der Waals surface area contributed by atoms with Gasteiger partial charge in [-0.2, -0.15) is 0 Å². The summed E-state index contributed by atoms with van der Waals surface area (Å²) in [5.74, 6) is -1.12. The van der Waals surface area contributed by atoms with Crippen LogP contribution in [0.4, 0.5) is 0 Å². The van der Waals surface area contributed by atoms with Crippen LogP contribution in [0.2, 0.25) is 0 Å². The number of carbonyl (C=O) groups excluding carboxylic acids is 1. The summed E-state index contributed by atoms with van der Waals surface area (Å²) in [6.45, 7) is 3.83. The van der Waals surface area contributed by atoms with Crippen LogP contribution in [0.3, 0.4) is 0 Å². The van der Waals surface area contributed by atoms with Gasteiger partial charge in [-0.25, -0.2) is 4.79 Å². The molecule has 122 valence electrons. The number of carboxylic acids is 1. The summed E-state index contributed by atoms with van der Waals surface area (Å²) in [7, 11) is 1.52. The molecular weight excluding hydrogens is 300 g/mol. The number of benzene rings is 1. The number of rotatable bonds is 6. The van der Waals surface area contributed by atoms with Gasteiger partial charge in [-0.3, -0.25) is 4.79 Å². The third kappa shape index (κ3) is 3.88. The fourth-order valence-electron chi connectivity index (χ4n) is 1.95. The van der Waals surface area contributed by atoms with Crippen LogP contribution < -0.4 is 10.1 Å². The number of nitrogens with one attached hydrogen (secondary N) is 1. The summed E-state index contributed by atoms with van der Waals surface area (Å²) in [6.07, 6.45) is 0. The highest BCUT2D eigenvalue weighted by Crippen LogP contribution is 2.19. The molecule has 1 unspecified atom stereocenters. The van der Waals surface area contributed by atoms with Crippen molar-refractivity contribution in [1.29, 1.82) is 0 Å². The van der Waals surface area contributed by atoms with Crippen molar-refractivity contribution in [2.45, 2.75) is 25.8 Å². The second-order valence-electron chi connectivity index (χ2n) is 5.29. The van der Waals surface area contributed by atoms with Crippen LogP contribution in [0.25, 0.3) is 0 Å². The third-order valence-electron chi connectivity index (χ3n) is 3.32. The first kappa shape index (κ1) is 16.5. The van der Waals surface area contributed by atoms with Gasteiger partial charge in [0.15, 0.2) is 6.04 Å². The van der Waals surface area contributed by atoms with E-state index < -0.39 is 17.9 Å². The van der Waals surface area contributed by atoms with Crippen LogP contribution in [0.15, 0.2) is 34.9 Å². The van der Waals surface area contributed by atoms with Gasteiger partial charge in [-0.05, 0) is 23.6 Å². The van der Waals surface area contributed by atoms with Gasteiger partial charge in [0.05, 0.1) is 12.8 Å². The molecule has 7 heteroatoms. The van der Waals surface area contributed by atoms with Crippen molar-refractivity contribution in [2.75, 3.05) is 7.11 Å². The number of nitrogens with zero attached hydrogens (tertiary/aromatic N) is 1. The van der Waals surface area contributed by atoms with Crippen LogP contribution in [-0.2, 0) is 4.79 Å². The Labute approximate surface area is 133 Å². The molecule has 0 fully saturated rings. The lowest BCUT2D eigenvalue weighted by Gasteiger charge is -2.14. The van der Waals surface area contributed by atoms with E-state index in [9.17, 15) is 14.7 Å². The summed E-state index contributed by atoms with van der Waals surface area (Å²) in [5, 5.41) is 15.6. The topological polar surface area (TPSA) is 102 Å². The molecule has 1 amide bonds. The van der Waals surface area contributed by atoms with Crippen molar-refractivity contribution in [3.63, 3.8) is 0 Å². The molecule has 1 aromatic heterocycles. The monoisotopic (exact) mass is 318 g/mol. The first-order valence-corrected chi connectivity index (χ1v) is 7.06. The number of amides is 1. The summed E-state index contributed by atoms with van der Waals surface area (Å²) < 4.78 is 9.99. The molecule has 7 nitrogen and oxygen atoms in total. The number of hydrogen-bond donors (Lipinski definition) is 2. The van der Waals surface area contributed by atoms with Gasteiger partial charge < -0.3 is 19.7 Å². The van der Waals surface area contributed by atoms with Crippen LogP contribution >= 0.6 is 0 Å². The second-order valence-corrected chi connectivity index (χ2v) is 5.29. The Bertz CT molecular complexity index is 691. The molecule has 0 saturated heterocycles. The predicted octanol–water partition coefficient (Wildman–Crippen LogP) is 2.36. The second kappa shape index (κ2) is 6.95. The van der Waals surface area contributed by atoms with E-state index in [1.165, 1.54) is 13.2 Å².